The van der Waals surface area contributed by atoms with E-state index in [1.165, 1.54) is 11.8 Å². The predicted octanol–water partition coefficient (Wildman–Crippen LogP) is 2.98. The zero-order valence-electron chi connectivity index (χ0n) is 17.7. The third-order valence-electron chi connectivity index (χ3n) is 4.96. The molecule has 1 aliphatic heterocycles. The van der Waals surface area contributed by atoms with Crippen LogP contribution in [0.2, 0.25) is 0 Å². The van der Waals surface area contributed by atoms with Crippen molar-refractivity contribution in [2.45, 2.75) is 70.6 Å². The van der Waals surface area contributed by atoms with Gasteiger partial charge in [-0.25, -0.2) is 4.79 Å². The molecule has 0 radical (unpaired) electrons. The lowest BCUT2D eigenvalue weighted by Crippen LogP contribution is -2.55. The van der Waals surface area contributed by atoms with Crippen molar-refractivity contribution in [3.8, 4) is 0 Å². The van der Waals surface area contributed by atoms with Gasteiger partial charge in [0.2, 0.25) is 0 Å². The number of carbonyl (C=O) groups excluding carboxylic acids is 3. The largest absolute Gasteiger partial charge is 0.444 e. The Hall–Kier alpha value is -2.41. The second-order valence-electron chi connectivity index (χ2n) is 8.68. The summed E-state index contributed by atoms with van der Waals surface area (Å²) in [7, 11) is 0. The van der Waals surface area contributed by atoms with Gasteiger partial charge >= 0.3 is 6.09 Å². The molecule has 7 nitrogen and oxygen atoms in total. The van der Waals surface area contributed by atoms with Crippen molar-refractivity contribution in [3.63, 3.8) is 0 Å². The van der Waals surface area contributed by atoms with Crippen molar-refractivity contribution >= 4 is 17.8 Å². The monoisotopic (exact) mass is 404 g/mol. The van der Waals surface area contributed by atoms with Gasteiger partial charge in [-0.05, 0) is 39.7 Å². The number of benzene rings is 1. The standard InChI is InChI=1S/C22H32N2O5/c1-16(25)10-11-18(17-8-6-5-7-9-17)23-19(26)22(28)12-14-24(15-13-22)20(27)29-21(2,3)4/h5-9,18,28H,10-15H2,1-4H3,(H,23,26). The average molecular weight is 405 g/mol. The molecule has 2 rings (SSSR count). The first-order valence-electron chi connectivity index (χ1n) is 10.1. The van der Waals surface area contributed by atoms with E-state index in [9.17, 15) is 19.5 Å². The fourth-order valence-electron chi connectivity index (χ4n) is 3.26. The van der Waals surface area contributed by atoms with Crippen LogP contribution >= 0.6 is 0 Å². The quantitative estimate of drug-likeness (QED) is 0.760. The average Bonchev–Trinajstić information content (AvgIpc) is 2.64. The maximum Gasteiger partial charge on any atom is 0.410 e. The van der Waals surface area contributed by atoms with Gasteiger partial charge in [0, 0.05) is 32.4 Å². The molecule has 1 fully saturated rings. The summed E-state index contributed by atoms with van der Waals surface area (Å²) >= 11 is 0. The summed E-state index contributed by atoms with van der Waals surface area (Å²) in [5.74, 6) is -0.427. The van der Waals surface area contributed by atoms with E-state index in [1.807, 2.05) is 30.3 Å². The molecule has 0 bridgehead atoms. The molecule has 0 spiro atoms. The number of carbonyl (C=O) groups is 3. The summed E-state index contributed by atoms with van der Waals surface area (Å²) in [6.45, 7) is 7.38. The van der Waals surface area contributed by atoms with Gasteiger partial charge in [-0.15, -0.1) is 0 Å². The van der Waals surface area contributed by atoms with E-state index in [1.54, 1.807) is 20.8 Å². The van der Waals surface area contributed by atoms with Crippen molar-refractivity contribution in [1.82, 2.24) is 10.2 Å². The van der Waals surface area contributed by atoms with Crippen LogP contribution in [0.4, 0.5) is 4.79 Å². The van der Waals surface area contributed by atoms with Crippen LogP contribution in [0.25, 0.3) is 0 Å². The zero-order chi connectivity index (χ0) is 21.7. The van der Waals surface area contributed by atoms with Crippen molar-refractivity contribution in [2.24, 2.45) is 0 Å². The molecule has 1 aliphatic rings. The normalized spacial score (nSPS) is 17.3. The summed E-state index contributed by atoms with van der Waals surface area (Å²) in [6, 6.07) is 9.04. The summed E-state index contributed by atoms with van der Waals surface area (Å²) < 4.78 is 5.36. The predicted molar refractivity (Wildman–Crippen MR) is 109 cm³/mol. The maximum absolute atomic E-state index is 12.9. The first kappa shape index (κ1) is 22.9. The fraction of sp³-hybridized carbons (Fsp3) is 0.591. The van der Waals surface area contributed by atoms with Gasteiger partial charge in [-0.3, -0.25) is 4.79 Å². The van der Waals surface area contributed by atoms with Gasteiger partial charge in [0.05, 0.1) is 6.04 Å². The highest BCUT2D eigenvalue weighted by molar-refractivity contribution is 5.86. The van der Waals surface area contributed by atoms with Crippen LogP contribution in [0.3, 0.4) is 0 Å². The molecule has 1 heterocycles. The van der Waals surface area contributed by atoms with E-state index < -0.39 is 23.2 Å². The number of nitrogens with zero attached hydrogens (tertiary/aromatic N) is 1. The van der Waals surface area contributed by atoms with Crippen LogP contribution in [0.5, 0.6) is 0 Å². The first-order chi connectivity index (χ1) is 13.5. The van der Waals surface area contributed by atoms with Crippen LogP contribution in [-0.4, -0.2) is 52.1 Å². The molecular formula is C22H32N2O5. The summed E-state index contributed by atoms with van der Waals surface area (Å²) in [5, 5.41) is 13.8. The number of amides is 2. The number of likely N-dealkylation sites (tertiary alicyclic amines) is 1. The van der Waals surface area contributed by atoms with Crippen molar-refractivity contribution in [2.75, 3.05) is 13.1 Å². The number of Topliss-reactive ketones (excluding diaryl/α,β-unsaturated/α-hetero) is 1. The van der Waals surface area contributed by atoms with Gasteiger partial charge < -0.3 is 24.9 Å². The topological polar surface area (TPSA) is 95.9 Å². The van der Waals surface area contributed by atoms with Gasteiger partial charge in [-0.1, -0.05) is 30.3 Å². The van der Waals surface area contributed by atoms with Crippen LogP contribution in [-0.2, 0) is 14.3 Å². The highest BCUT2D eigenvalue weighted by Gasteiger charge is 2.41. The highest BCUT2D eigenvalue weighted by Crippen LogP contribution is 2.26. The number of hydrogen-bond donors (Lipinski definition) is 2. The molecule has 2 amide bonds. The summed E-state index contributed by atoms with van der Waals surface area (Å²) in [5.41, 5.74) is -1.26. The molecule has 1 aromatic rings. The number of nitrogens with one attached hydrogen (secondary N) is 1. The molecule has 0 aromatic heterocycles. The number of rotatable bonds is 6. The molecular weight excluding hydrogens is 372 g/mol. The third-order valence-corrected chi connectivity index (χ3v) is 4.96. The zero-order valence-corrected chi connectivity index (χ0v) is 17.7. The minimum absolute atomic E-state index is 0.0459. The molecule has 1 unspecified atom stereocenters. The molecule has 2 N–H and O–H groups in total. The maximum atomic E-state index is 12.9. The Kier molecular flexibility index (Phi) is 7.41. The summed E-state index contributed by atoms with van der Waals surface area (Å²) in [6.07, 6.45) is 0.623. The third kappa shape index (κ3) is 6.85. The van der Waals surface area contributed by atoms with Crippen LogP contribution in [0.1, 0.15) is 65.0 Å². The van der Waals surface area contributed by atoms with E-state index in [0.29, 0.717) is 12.8 Å². The minimum atomic E-state index is -1.55. The van der Waals surface area contributed by atoms with Gasteiger partial charge in [0.15, 0.2) is 0 Å². The van der Waals surface area contributed by atoms with Gasteiger partial charge in [0.1, 0.15) is 17.0 Å². The van der Waals surface area contributed by atoms with Crippen molar-refractivity contribution in [3.05, 3.63) is 35.9 Å². The van der Waals surface area contributed by atoms with Crippen molar-refractivity contribution < 1.29 is 24.2 Å². The Bertz CT molecular complexity index is 718. The molecule has 7 heteroatoms. The Labute approximate surface area is 172 Å². The van der Waals surface area contributed by atoms with Crippen LogP contribution < -0.4 is 5.32 Å². The molecule has 1 atom stereocenters. The first-order valence-corrected chi connectivity index (χ1v) is 10.1. The Balaban J connectivity index is 2.00. The minimum Gasteiger partial charge on any atom is -0.444 e. The van der Waals surface area contributed by atoms with E-state index in [-0.39, 0.29) is 37.8 Å². The number of ether oxygens (including phenoxy) is 1. The number of ketones is 1. The molecule has 160 valence electrons. The Morgan fingerprint density at radius 3 is 2.28 bits per heavy atom. The summed E-state index contributed by atoms with van der Waals surface area (Å²) in [4.78, 5) is 38.0. The lowest BCUT2D eigenvalue weighted by Gasteiger charge is -2.38. The second kappa shape index (κ2) is 9.39. The van der Waals surface area contributed by atoms with Crippen LogP contribution in [0, 0.1) is 0 Å². The number of piperidine rings is 1. The second-order valence-corrected chi connectivity index (χ2v) is 8.68. The molecule has 0 aliphatic carbocycles. The molecule has 1 saturated heterocycles. The van der Waals surface area contributed by atoms with E-state index >= 15 is 0 Å². The lowest BCUT2D eigenvalue weighted by atomic mass is 9.89. The molecule has 1 aromatic carbocycles. The Morgan fingerprint density at radius 1 is 1.17 bits per heavy atom. The van der Waals surface area contributed by atoms with E-state index in [0.717, 1.165) is 5.56 Å². The number of hydrogen-bond acceptors (Lipinski definition) is 5. The lowest BCUT2D eigenvalue weighted by molar-refractivity contribution is -0.145. The van der Waals surface area contributed by atoms with E-state index in [2.05, 4.69) is 5.32 Å². The smallest absolute Gasteiger partial charge is 0.410 e. The van der Waals surface area contributed by atoms with Gasteiger partial charge in [-0.2, -0.15) is 0 Å². The van der Waals surface area contributed by atoms with Gasteiger partial charge in [0.25, 0.3) is 5.91 Å². The molecule has 29 heavy (non-hydrogen) atoms. The fourth-order valence-corrected chi connectivity index (χ4v) is 3.26. The highest BCUT2D eigenvalue weighted by atomic mass is 16.6. The molecule has 0 saturated carbocycles. The number of aliphatic hydroxyl groups is 1. The Morgan fingerprint density at radius 2 is 1.76 bits per heavy atom. The van der Waals surface area contributed by atoms with Crippen LogP contribution in [0.15, 0.2) is 30.3 Å². The SMILES string of the molecule is CC(=O)CCC(NC(=O)C1(O)CCN(C(=O)OC(C)(C)C)CC1)c1ccccc1. The van der Waals surface area contributed by atoms with E-state index in [4.69, 9.17) is 4.74 Å². The van der Waals surface area contributed by atoms with Crippen molar-refractivity contribution in [1.29, 1.82) is 0 Å².